The maximum absolute atomic E-state index is 13.6. The Morgan fingerprint density at radius 1 is 0.935 bits per heavy atom. The molecule has 0 bridgehead atoms. The van der Waals surface area contributed by atoms with Gasteiger partial charge in [-0.3, -0.25) is 14.4 Å². The molecule has 9 nitrogen and oxygen atoms in total. The van der Waals surface area contributed by atoms with Crippen molar-refractivity contribution in [2.45, 2.75) is 11.8 Å². The lowest BCUT2D eigenvalue weighted by Gasteiger charge is -2.12. The number of benzene rings is 4. The number of amides is 3. The zero-order valence-corrected chi connectivity index (χ0v) is 26.3. The first-order chi connectivity index (χ1) is 22.4. The molecule has 0 aliphatic rings. The number of H-pyrrole nitrogens is 1. The van der Waals surface area contributed by atoms with Crippen molar-refractivity contribution in [3.8, 4) is 5.75 Å². The van der Waals surface area contributed by atoms with Gasteiger partial charge in [-0.05, 0) is 67.6 Å². The van der Waals surface area contributed by atoms with Crippen molar-refractivity contribution in [3.63, 3.8) is 0 Å². The van der Waals surface area contributed by atoms with Crippen molar-refractivity contribution >= 4 is 78.8 Å². The van der Waals surface area contributed by atoms with Gasteiger partial charge in [-0.15, -0.1) is 11.8 Å². The van der Waals surface area contributed by atoms with Crippen molar-refractivity contribution in [1.82, 2.24) is 15.3 Å². The number of nitrogens with one attached hydrogen (secondary N) is 4. The molecule has 46 heavy (non-hydrogen) atoms. The normalized spacial score (nSPS) is 11.4. The van der Waals surface area contributed by atoms with Gasteiger partial charge in [0.15, 0.2) is 5.13 Å². The summed E-state index contributed by atoms with van der Waals surface area (Å²) >= 11 is 2.72. The Balaban J connectivity index is 1.13. The number of aromatic nitrogens is 2. The summed E-state index contributed by atoms with van der Waals surface area (Å²) in [7, 11) is 0. The van der Waals surface area contributed by atoms with Crippen LogP contribution in [0.4, 0.5) is 10.8 Å². The second kappa shape index (κ2) is 14.1. The van der Waals surface area contributed by atoms with Crippen LogP contribution in [-0.4, -0.2) is 40.0 Å². The largest absolute Gasteiger partial charge is 0.494 e. The number of carbonyl (C=O) groups is 3. The first kappa shape index (κ1) is 30.6. The maximum atomic E-state index is 13.6. The first-order valence-electron chi connectivity index (χ1n) is 14.5. The third-order valence-corrected chi connectivity index (χ3v) is 8.76. The minimum Gasteiger partial charge on any atom is -0.494 e. The van der Waals surface area contributed by atoms with E-state index < -0.39 is 11.8 Å². The molecule has 2 heterocycles. The van der Waals surface area contributed by atoms with Gasteiger partial charge in [0.2, 0.25) is 5.91 Å². The molecule has 4 aromatic carbocycles. The lowest BCUT2D eigenvalue weighted by molar-refractivity contribution is -0.114. The fourth-order valence-corrected chi connectivity index (χ4v) is 6.36. The Labute approximate surface area is 273 Å². The molecule has 6 rings (SSSR count). The van der Waals surface area contributed by atoms with Gasteiger partial charge in [0.1, 0.15) is 11.4 Å². The molecule has 0 saturated carbocycles. The summed E-state index contributed by atoms with van der Waals surface area (Å²) in [6.07, 6.45) is 3.44. The van der Waals surface area contributed by atoms with Crippen LogP contribution in [0.2, 0.25) is 0 Å². The SMILES string of the molecule is CCOc1ccc2nc(NC(=O)CSc3cccc(NC(=O)/C(=C/c4c[nH]c5ccccc45)NC(=O)c4ccccc4)c3)sc2c1. The van der Waals surface area contributed by atoms with Crippen LogP contribution in [0.5, 0.6) is 5.75 Å². The predicted octanol–water partition coefficient (Wildman–Crippen LogP) is 7.32. The second-order valence-electron chi connectivity index (χ2n) is 10.1. The van der Waals surface area contributed by atoms with E-state index in [0.717, 1.165) is 37.3 Å². The first-order valence-corrected chi connectivity index (χ1v) is 16.3. The van der Waals surface area contributed by atoms with E-state index in [2.05, 4.69) is 25.9 Å². The second-order valence-corrected chi connectivity index (χ2v) is 12.1. The smallest absolute Gasteiger partial charge is 0.272 e. The number of thioether (sulfide) groups is 1. The lowest BCUT2D eigenvalue weighted by Crippen LogP contribution is -2.30. The number of para-hydroxylation sites is 1. The van der Waals surface area contributed by atoms with E-state index >= 15 is 0 Å². The molecule has 3 amide bonds. The number of rotatable bonds is 11. The van der Waals surface area contributed by atoms with Crippen molar-refractivity contribution in [2.24, 2.45) is 0 Å². The Morgan fingerprint density at radius 3 is 2.61 bits per heavy atom. The highest BCUT2D eigenvalue weighted by atomic mass is 32.2. The summed E-state index contributed by atoms with van der Waals surface area (Å²) in [6.45, 7) is 2.50. The number of ether oxygens (including phenoxy) is 1. The van der Waals surface area contributed by atoms with E-state index in [1.807, 2.05) is 61.5 Å². The number of nitrogens with zero attached hydrogens (tertiary/aromatic N) is 1. The molecule has 2 aromatic heterocycles. The van der Waals surface area contributed by atoms with Crippen LogP contribution in [0.25, 0.3) is 27.2 Å². The summed E-state index contributed by atoms with van der Waals surface area (Å²) in [5, 5.41) is 9.97. The highest BCUT2D eigenvalue weighted by Crippen LogP contribution is 2.30. The molecular weight excluding hydrogens is 619 g/mol. The molecule has 6 aromatic rings. The molecule has 11 heteroatoms. The summed E-state index contributed by atoms with van der Waals surface area (Å²) in [6, 6.07) is 29.3. The van der Waals surface area contributed by atoms with Crippen LogP contribution in [0.15, 0.2) is 114 Å². The lowest BCUT2D eigenvalue weighted by atomic mass is 10.1. The molecule has 230 valence electrons. The zero-order valence-electron chi connectivity index (χ0n) is 24.7. The predicted molar refractivity (Wildman–Crippen MR) is 185 cm³/mol. The number of carbonyl (C=O) groups excluding carboxylic acids is 3. The Kier molecular flexibility index (Phi) is 9.42. The van der Waals surface area contributed by atoms with Gasteiger partial charge in [-0.2, -0.15) is 0 Å². The van der Waals surface area contributed by atoms with Crippen molar-refractivity contribution in [3.05, 3.63) is 120 Å². The van der Waals surface area contributed by atoms with E-state index in [0.29, 0.717) is 23.0 Å². The average Bonchev–Trinajstić information content (AvgIpc) is 3.67. The summed E-state index contributed by atoms with van der Waals surface area (Å²) in [5.74, 6) is -0.178. The molecule has 4 N–H and O–H groups in total. The highest BCUT2D eigenvalue weighted by Gasteiger charge is 2.17. The molecular formula is C35H29N5O4S2. The van der Waals surface area contributed by atoms with Crippen molar-refractivity contribution < 1.29 is 19.1 Å². The Morgan fingerprint density at radius 2 is 1.76 bits per heavy atom. The van der Waals surface area contributed by atoms with Crippen LogP contribution in [0, 0.1) is 0 Å². The number of aromatic amines is 1. The third-order valence-electron chi connectivity index (χ3n) is 6.83. The van der Waals surface area contributed by atoms with E-state index in [1.54, 1.807) is 54.7 Å². The topological polar surface area (TPSA) is 125 Å². The standard InChI is InChI=1S/C35H29N5O4S2/c1-2-44-25-15-16-29-31(19-25)46-35(39-29)40-32(41)21-45-26-12-8-11-24(18-26)37-34(43)30(38-33(42)22-9-4-3-5-10-22)17-23-20-36-28-14-7-6-13-27(23)28/h3-20,36H,2,21H2,1H3,(H,37,43)(H,38,42)(H,39,40,41)/b30-17-. The van der Waals surface area contributed by atoms with Crippen LogP contribution in [0.3, 0.4) is 0 Å². The fourth-order valence-electron chi connectivity index (χ4n) is 4.69. The number of thiazole rings is 1. The monoisotopic (exact) mass is 647 g/mol. The highest BCUT2D eigenvalue weighted by molar-refractivity contribution is 8.00. The van der Waals surface area contributed by atoms with Crippen LogP contribution in [-0.2, 0) is 9.59 Å². The number of hydrogen-bond acceptors (Lipinski definition) is 7. The van der Waals surface area contributed by atoms with E-state index in [1.165, 1.54) is 23.1 Å². The Bertz CT molecular complexity index is 2070. The number of anilines is 2. The van der Waals surface area contributed by atoms with Crippen LogP contribution >= 0.6 is 23.1 Å². The molecule has 0 aliphatic heterocycles. The van der Waals surface area contributed by atoms with Gasteiger partial charge >= 0.3 is 0 Å². The van der Waals surface area contributed by atoms with Gasteiger partial charge < -0.3 is 25.7 Å². The van der Waals surface area contributed by atoms with Gasteiger partial charge in [0.05, 0.1) is 22.6 Å². The zero-order chi connectivity index (χ0) is 31.9. The van der Waals surface area contributed by atoms with E-state index in [-0.39, 0.29) is 17.4 Å². The summed E-state index contributed by atoms with van der Waals surface area (Å²) in [4.78, 5) is 47.8. The van der Waals surface area contributed by atoms with Gasteiger partial charge in [0, 0.05) is 38.8 Å². The summed E-state index contributed by atoms with van der Waals surface area (Å²) in [5.41, 5.74) is 3.49. The van der Waals surface area contributed by atoms with E-state index in [9.17, 15) is 14.4 Å². The molecule has 0 aliphatic carbocycles. The summed E-state index contributed by atoms with van der Waals surface area (Å²) < 4.78 is 6.48. The van der Waals surface area contributed by atoms with Crippen molar-refractivity contribution in [1.29, 1.82) is 0 Å². The van der Waals surface area contributed by atoms with Gasteiger partial charge in [-0.1, -0.05) is 53.8 Å². The quantitative estimate of drug-likeness (QED) is 0.0863. The van der Waals surface area contributed by atoms with Crippen LogP contribution < -0.4 is 20.7 Å². The molecule has 0 radical (unpaired) electrons. The van der Waals surface area contributed by atoms with Crippen LogP contribution in [0.1, 0.15) is 22.8 Å². The molecule has 0 fully saturated rings. The van der Waals surface area contributed by atoms with Crippen molar-refractivity contribution in [2.75, 3.05) is 23.0 Å². The third kappa shape index (κ3) is 7.45. The minimum atomic E-state index is -0.488. The van der Waals surface area contributed by atoms with Gasteiger partial charge in [0.25, 0.3) is 11.8 Å². The molecule has 0 saturated heterocycles. The molecule has 0 spiro atoms. The molecule has 0 unspecified atom stereocenters. The fraction of sp³-hybridized carbons (Fsp3) is 0.0857. The maximum Gasteiger partial charge on any atom is 0.272 e. The average molecular weight is 648 g/mol. The molecule has 0 atom stereocenters. The number of hydrogen-bond donors (Lipinski definition) is 4. The Hall–Kier alpha value is -5.39. The van der Waals surface area contributed by atoms with E-state index in [4.69, 9.17) is 4.74 Å². The van der Waals surface area contributed by atoms with Gasteiger partial charge in [-0.25, -0.2) is 4.98 Å². The number of fused-ring (bicyclic) bond motifs is 2. The minimum absolute atomic E-state index is 0.0836.